The minimum atomic E-state index is -4.64. The number of hydrogen-bond acceptors (Lipinski definition) is 8. The van der Waals surface area contributed by atoms with Crippen LogP contribution in [0.2, 0.25) is 0 Å². The minimum Gasteiger partial charge on any atom is -0.756 e. The number of rotatable bonds is 86. The van der Waals surface area contributed by atoms with Crippen LogP contribution in [0.1, 0.15) is 489 Å². The normalized spacial score (nSPS) is 13.0. The molecule has 2 unspecified atom stereocenters. The number of likely N-dealkylation sites (N-methyl/N-ethyl adjacent to an activating group) is 1. The standard InChI is InChI=1S/C90H176NO8P/c1-6-8-10-12-14-16-18-20-22-24-26-28-30-32-34-36-38-40-42-43-44-45-46-47-49-51-53-55-57-59-61-63-65-67-69-71-73-75-77-79-81-83-90(93)99-88(87-98-100(94,95)97-85-84-91(3,4)5)86-96-89(92)82-80-78-76-74-72-70-68-66-64-62-60-58-56-54-52-50-48-41-39-37-35-33-31-29-27-25-23-21-19-17-15-13-11-9-7-2/h18,20,24,26,88H,6-17,19,21-23,25,27-87H2,1-5H3/b20-18-,26-24-. The van der Waals surface area contributed by atoms with Gasteiger partial charge in [0.15, 0.2) is 6.10 Å². The Balaban J connectivity index is 3.82. The van der Waals surface area contributed by atoms with E-state index in [9.17, 15) is 19.0 Å². The lowest BCUT2D eigenvalue weighted by Crippen LogP contribution is -2.37. The van der Waals surface area contributed by atoms with Gasteiger partial charge in [0.05, 0.1) is 27.7 Å². The highest BCUT2D eigenvalue weighted by molar-refractivity contribution is 7.45. The second-order valence-corrected chi connectivity index (χ2v) is 33.7. The van der Waals surface area contributed by atoms with Gasteiger partial charge in [-0.3, -0.25) is 14.2 Å². The van der Waals surface area contributed by atoms with Crippen LogP contribution in [0.5, 0.6) is 0 Å². The van der Waals surface area contributed by atoms with Crippen molar-refractivity contribution in [1.82, 2.24) is 0 Å². The number of nitrogens with zero attached hydrogens (tertiary/aromatic N) is 1. The highest BCUT2D eigenvalue weighted by atomic mass is 31.2. The summed E-state index contributed by atoms with van der Waals surface area (Å²) in [6.45, 7) is 4.33. The van der Waals surface area contributed by atoms with Gasteiger partial charge in [0.1, 0.15) is 19.8 Å². The number of phosphoric ester groups is 1. The van der Waals surface area contributed by atoms with E-state index in [-0.39, 0.29) is 32.0 Å². The molecule has 0 rings (SSSR count). The average Bonchev–Trinajstić information content (AvgIpc) is 1.30. The molecule has 0 saturated heterocycles. The molecule has 0 amide bonds. The fourth-order valence-corrected chi connectivity index (χ4v) is 14.8. The van der Waals surface area contributed by atoms with Crippen molar-refractivity contribution >= 4 is 19.8 Å². The van der Waals surface area contributed by atoms with Crippen molar-refractivity contribution in [3.05, 3.63) is 24.3 Å². The van der Waals surface area contributed by atoms with Gasteiger partial charge < -0.3 is 27.9 Å². The number of ether oxygens (including phenoxy) is 2. The molecule has 0 aliphatic heterocycles. The predicted octanol–water partition coefficient (Wildman–Crippen LogP) is 29.7. The molecule has 0 spiro atoms. The van der Waals surface area contributed by atoms with Crippen LogP contribution < -0.4 is 4.89 Å². The summed E-state index contributed by atoms with van der Waals surface area (Å²) in [7, 11) is 1.20. The number of carbonyl (C=O) groups is 2. The molecule has 0 saturated carbocycles. The predicted molar refractivity (Wildman–Crippen MR) is 435 cm³/mol. The Morgan fingerprint density at radius 1 is 0.310 bits per heavy atom. The Hall–Kier alpha value is -1.51. The molecule has 0 bridgehead atoms. The summed E-state index contributed by atoms with van der Waals surface area (Å²) in [5.74, 6) is -0.801. The highest BCUT2D eigenvalue weighted by Crippen LogP contribution is 2.38. The van der Waals surface area contributed by atoms with Crippen molar-refractivity contribution in [2.24, 2.45) is 0 Å². The van der Waals surface area contributed by atoms with E-state index in [4.69, 9.17) is 18.5 Å². The molecule has 2 atom stereocenters. The van der Waals surface area contributed by atoms with Gasteiger partial charge >= 0.3 is 11.9 Å². The summed E-state index contributed by atoms with van der Waals surface area (Å²) < 4.78 is 34.5. The highest BCUT2D eigenvalue weighted by Gasteiger charge is 2.22. The van der Waals surface area contributed by atoms with Crippen LogP contribution in [-0.2, 0) is 32.7 Å². The first-order valence-electron chi connectivity index (χ1n) is 45.0. The van der Waals surface area contributed by atoms with Gasteiger partial charge in [-0.25, -0.2) is 0 Å². The van der Waals surface area contributed by atoms with Gasteiger partial charge in [-0.2, -0.15) is 0 Å². The molecule has 0 aliphatic rings. The summed E-state index contributed by atoms with van der Waals surface area (Å²) >= 11 is 0. The van der Waals surface area contributed by atoms with Crippen LogP contribution in [0.4, 0.5) is 0 Å². The van der Waals surface area contributed by atoms with Crippen molar-refractivity contribution in [3.8, 4) is 0 Å². The van der Waals surface area contributed by atoms with Crippen molar-refractivity contribution < 1.29 is 42.1 Å². The number of phosphoric acid groups is 1. The Morgan fingerprint density at radius 3 is 0.790 bits per heavy atom. The lowest BCUT2D eigenvalue weighted by Gasteiger charge is -2.28. The Labute approximate surface area is 625 Å². The second kappa shape index (κ2) is 81.6. The zero-order chi connectivity index (χ0) is 72.5. The first-order chi connectivity index (χ1) is 49.0. The van der Waals surface area contributed by atoms with Crippen LogP contribution in [0.25, 0.3) is 0 Å². The molecule has 0 aromatic heterocycles. The first-order valence-corrected chi connectivity index (χ1v) is 46.5. The third kappa shape index (κ3) is 85.4. The summed E-state index contributed by atoms with van der Waals surface area (Å²) in [6, 6.07) is 0. The Bertz CT molecular complexity index is 1730. The van der Waals surface area contributed by atoms with Gasteiger partial charge in [-0.05, 0) is 44.9 Å². The van der Waals surface area contributed by atoms with E-state index in [1.165, 1.54) is 417 Å². The number of esters is 2. The average molecular weight is 1430 g/mol. The van der Waals surface area contributed by atoms with E-state index in [1.54, 1.807) is 0 Å². The molecule has 0 heterocycles. The largest absolute Gasteiger partial charge is 0.756 e. The molecule has 9 nitrogen and oxygen atoms in total. The quantitative estimate of drug-likeness (QED) is 0.0195. The third-order valence-electron chi connectivity index (χ3n) is 21.0. The monoisotopic (exact) mass is 1430 g/mol. The molecular weight excluding hydrogens is 1250 g/mol. The maximum absolute atomic E-state index is 12.9. The van der Waals surface area contributed by atoms with Crippen LogP contribution in [0.3, 0.4) is 0 Å². The molecule has 0 fully saturated rings. The SMILES string of the molecule is CCCCCCC/C=C\C/C=C\CCCCCCCCCCCCCCCCCCCCCCCCCCCCCCCC(=O)OC(COC(=O)CCCCCCCCCCCCCCCCCCCCCCCCCCCCCCCCCCCCC)COP(=O)([O-])OCC[N+](C)(C)C. The topological polar surface area (TPSA) is 111 Å². The smallest absolute Gasteiger partial charge is 0.306 e. The molecule has 0 aromatic rings. The number of allylic oxidation sites excluding steroid dienone is 4. The van der Waals surface area contributed by atoms with Crippen molar-refractivity contribution in [1.29, 1.82) is 0 Å². The van der Waals surface area contributed by atoms with Gasteiger partial charge in [-0.1, -0.05) is 456 Å². The van der Waals surface area contributed by atoms with Crippen LogP contribution >= 0.6 is 7.82 Å². The zero-order valence-corrected chi connectivity index (χ0v) is 69.1. The van der Waals surface area contributed by atoms with Gasteiger partial charge in [0.25, 0.3) is 7.82 Å². The number of unbranched alkanes of at least 4 members (excludes halogenated alkanes) is 68. The molecule has 594 valence electrons. The van der Waals surface area contributed by atoms with Gasteiger partial charge in [0.2, 0.25) is 0 Å². The number of carbonyl (C=O) groups excluding carboxylic acids is 2. The van der Waals surface area contributed by atoms with Crippen molar-refractivity contribution in [2.75, 3.05) is 47.5 Å². The minimum absolute atomic E-state index is 0.0257. The maximum atomic E-state index is 12.9. The zero-order valence-electron chi connectivity index (χ0n) is 68.2. The van der Waals surface area contributed by atoms with Crippen LogP contribution in [0.15, 0.2) is 24.3 Å². The van der Waals surface area contributed by atoms with E-state index < -0.39 is 26.5 Å². The molecule has 0 aromatic carbocycles. The fraction of sp³-hybridized carbons (Fsp3) is 0.933. The molecular formula is C90H176NO8P. The van der Waals surface area contributed by atoms with Gasteiger partial charge in [-0.15, -0.1) is 0 Å². The lowest BCUT2D eigenvalue weighted by molar-refractivity contribution is -0.870. The van der Waals surface area contributed by atoms with Crippen molar-refractivity contribution in [2.45, 2.75) is 495 Å². The molecule has 0 aliphatic carbocycles. The first kappa shape index (κ1) is 98.5. The lowest BCUT2D eigenvalue weighted by atomic mass is 10.0. The van der Waals surface area contributed by atoms with Crippen molar-refractivity contribution in [3.63, 3.8) is 0 Å². The van der Waals surface area contributed by atoms with E-state index in [0.29, 0.717) is 17.4 Å². The molecule has 0 radical (unpaired) electrons. The third-order valence-corrected chi connectivity index (χ3v) is 21.9. The Kier molecular flexibility index (Phi) is 80.3. The summed E-state index contributed by atoms with van der Waals surface area (Å²) in [5, 5.41) is 0. The number of quaternary nitrogens is 1. The van der Waals surface area contributed by atoms with Crippen LogP contribution in [0, 0.1) is 0 Å². The van der Waals surface area contributed by atoms with E-state index in [2.05, 4.69) is 38.2 Å². The summed E-state index contributed by atoms with van der Waals surface area (Å²) in [4.78, 5) is 38.3. The van der Waals surface area contributed by atoms with E-state index >= 15 is 0 Å². The number of hydrogen-bond donors (Lipinski definition) is 0. The fourth-order valence-electron chi connectivity index (χ4n) is 14.1. The van der Waals surface area contributed by atoms with E-state index in [0.717, 1.165) is 38.5 Å². The second-order valence-electron chi connectivity index (χ2n) is 32.3. The molecule has 10 heteroatoms. The summed E-state index contributed by atoms with van der Waals surface area (Å²) in [6.07, 6.45) is 106. The molecule has 0 N–H and O–H groups in total. The summed E-state index contributed by atoms with van der Waals surface area (Å²) in [5.41, 5.74) is 0. The Morgan fingerprint density at radius 2 is 0.540 bits per heavy atom. The molecule has 100 heavy (non-hydrogen) atoms. The van der Waals surface area contributed by atoms with Gasteiger partial charge in [0, 0.05) is 12.8 Å². The van der Waals surface area contributed by atoms with Crippen LogP contribution in [-0.4, -0.2) is 70.0 Å². The maximum Gasteiger partial charge on any atom is 0.306 e. The van der Waals surface area contributed by atoms with E-state index in [1.807, 2.05) is 21.1 Å².